The number of benzene rings is 2. The Morgan fingerprint density at radius 3 is 1.31 bits per heavy atom. The third kappa shape index (κ3) is 6.19. The lowest BCUT2D eigenvalue weighted by Gasteiger charge is -2.09. The second kappa shape index (κ2) is 13.8. The number of para-hydroxylation sites is 4. The van der Waals surface area contributed by atoms with Crippen molar-refractivity contribution in [3.8, 4) is 0 Å². The zero-order chi connectivity index (χ0) is 44.3. The Bertz CT molecular complexity index is 4100. The van der Waals surface area contributed by atoms with Gasteiger partial charge in [0.15, 0.2) is 11.2 Å². The van der Waals surface area contributed by atoms with Crippen molar-refractivity contribution in [1.29, 1.82) is 0 Å². The molecule has 0 amide bonds. The molecule has 8 aromatic heterocycles. The van der Waals surface area contributed by atoms with Gasteiger partial charge in [0.05, 0.1) is 78.9 Å². The number of hydrogen-bond acceptors (Lipinski definition) is 14. The maximum absolute atomic E-state index is 14.1. The van der Waals surface area contributed by atoms with Gasteiger partial charge in [-0.25, -0.2) is 23.9 Å². The highest BCUT2D eigenvalue weighted by atomic mass is 32.2. The maximum atomic E-state index is 14.1. The third-order valence-electron chi connectivity index (χ3n) is 10.2. The standard InChI is InChI=1S/C40H24N8O13S3/c49-62(50,51)35-33-31(38-42-16-18-59-38)25-13-11-22(44-25)29(37-41-15-17-58-37)21-9-10-23(43-21)30(39-46-19-5-1-3-7-27(19)60-39)24-12-14-26(45-24)32(40-47-20-6-2-4-8-28(20)61-40)34(36(35)63(52,53)54)48(33)64(55,56)57/h1-18,43-45H,(H,49,50,51)(H,52,53,54)(H,55,56,57). The molecule has 0 aliphatic carbocycles. The molecule has 9 heterocycles. The quantitative estimate of drug-likeness (QED) is 0.125. The molecule has 0 fully saturated rings. The normalized spacial score (nSPS) is 13.8. The fraction of sp³-hybridized carbons (Fsp3) is 0. The van der Waals surface area contributed by atoms with Gasteiger partial charge in [-0.15, -0.1) is 0 Å². The van der Waals surface area contributed by atoms with Crippen LogP contribution in [0.25, 0.3) is 44.5 Å². The van der Waals surface area contributed by atoms with Gasteiger partial charge in [-0.1, -0.05) is 24.3 Å². The molecule has 6 N–H and O–H groups in total. The lowest BCUT2D eigenvalue weighted by Crippen LogP contribution is -2.38. The van der Waals surface area contributed by atoms with E-state index in [0.29, 0.717) is 21.8 Å². The lowest BCUT2D eigenvalue weighted by atomic mass is 10.1. The van der Waals surface area contributed by atoms with E-state index in [9.17, 15) is 38.9 Å². The molecule has 320 valence electrons. The summed E-state index contributed by atoms with van der Waals surface area (Å²) in [5.74, 6) is -0.988. The van der Waals surface area contributed by atoms with Gasteiger partial charge in [0, 0.05) is 0 Å². The van der Waals surface area contributed by atoms with Crippen molar-refractivity contribution in [3.63, 3.8) is 0 Å². The second-order valence-electron chi connectivity index (χ2n) is 14.1. The average Bonchev–Trinajstić information content (AvgIpc) is 4.09. The molecule has 0 atom stereocenters. The molecule has 2 aromatic carbocycles. The summed E-state index contributed by atoms with van der Waals surface area (Å²) in [6, 6.07) is 22.2. The molecular weight excluding hydrogens is 897 g/mol. The van der Waals surface area contributed by atoms with Crippen LogP contribution in [0, 0.1) is 0 Å². The molecule has 10 aromatic rings. The number of H-pyrrole nitrogens is 3. The third-order valence-corrected chi connectivity index (χ3v) is 13.0. The number of rotatable bonds is 7. The van der Waals surface area contributed by atoms with Crippen LogP contribution in [0.5, 0.6) is 0 Å². The number of aromatic nitrogens is 8. The molecule has 1 aliphatic heterocycles. The first-order valence-corrected chi connectivity index (χ1v) is 22.7. The van der Waals surface area contributed by atoms with E-state index < -0.39 is 74.0 Å². The van der Waals surface area contributed by atoms with Crippen LogP contribution in [0.3, 0.4) is 0 Å². The van der Waals surface area contributed by atoms with Gasteiger partial charge in [0.1, 0.15) is 33.4 Å². The summed E-state index contributed by atoms with van der Waals surface area (Å²) in [4.78, 5) is 23.8. The minimum atomic E-state index is -5.99. The Labute approximate surface area is 356 Å². The first-order chi connectivity index (χ1) is 30.6. The summed E-state index contributed by atoms with van der Waals surface area (Å²) in [6.45, 7) is 0. The Morgan fingerprint density at radius 1 is 0.484 bits per heavy atom. The number of nitrogens with zero attached hydrogens (tertiary/aromatic N) is 5. The molecule has 0 saturated carbocycles. The Hall–Kier alpha value is -7.87. The van der Waals surface area contributed by atoms with Crippen molar-refractivity contribution >= 4 is 75.0 Å². The zero-order valence-electron chi connectivity index (χ0n) is 31.8. The first-order valence-electron chi connectivity index (χ1n) is 18.4. The van der Waals surface area contributed by atoms with Crippen molar-refractivity contribution < 1.29 is 56.6 Å². The molecule has 0 unspecified atom stereocenters. The van der Waals surface area contributed by atoms with Crippen LogP contribution in [0.2, 0.25) is 0 Å². The summed E-state index contributed by atoms with van der Waals surface area (Å²) in [7, 11) is -17.9. The van der Waals surface area contributed by atoms with Gasteiger partial charge in [-0.2, -0.15) is 25.3 Å². The van der Waals surface area contributed by atoms with Crippen molar-refractivity contribution in [2.45, 2.75) is 9.79 Å². The number of oxazole rings is 4. The minimum absolute atomic E-state index is 0.0552. The molecule has 1 aliphatic rings. The largest absolute Gasteiger partial charge is 0.444 e. The summed E-state index contributed by atoms with van der Waals surface area (Å²) in [6.07, 6.45) is 4.85. The Balaban J connectivity index is 1.45. The van der Waals surface area contributed by atoms with Crippen molar-refractivity contribution in [2.75, 3.05) is 0 Å². The number of fused-ring (bicyclic) bond motifs is 10. The van der Waals surface area contributed by atoms with Gasteiger partial charge < -0.3 is 32.6 Å². The molecule has 0 saturated heterocycles. The molecule has 24 heteroatoms. The number of hydrogen-bond donors (Lipinski definition) is 6. The smallest absolute Gasteiger partial charge is 0.364 e. The predicted octanol–water partition coefficient (Wildman–Crippen LogP) is 2.18. The van der Waals surface area contributed by atoms with Crippen molar-refractivity contribution in [1.82, 2.24) is 38.9 Å². The van der Waals surface area contributed by atoms with Crippen LogP contribution in [0.15, 0.2) is 137 Å². The fourth-order valence-electron chi connectivity index (χ4n) is 7.80. The first kappa shape index (κ1) is 39.0. The van der Waals surface area contributed by atoms with Gasteiger partial charge in [0.2, 0.25) is 23.6 Å². The summed E-state index contributed by atoms with van der Waals surface area (Å²) >= 11 is 0. The monoisotopic (exact) mass is 920 g/mol. The molecule has 0 spiro atoms. The van der Waals surface area contributed by atoms with E-state index in [0.717, 1.165) is 12.5 Å². The second-order valence-corrected chi connectivity index (χ2v) is 18.0. The Kier molecular flexibility index (Phi) is 8.42. The Morgan fingerprint density at radius 2 is 0.891 bits per heavy atom. The fourth-order valence-corrected chi connectivity index (χ4v) is 10.9. The van der Waals surface area contributed by atoms with Crippen molar-refractivity contribution in [3.05, 3.63) is 178 Å². The topological polar surface area (TPSA) is 320 Å². The van der Waals surface area contributed by atoms with E-state index in [1.54, 1.807) is 48.5 Å². The van der Waals surface area contributed by atoms with Crippen LogP contribution in [0.1, 0.15) is 46.3 Å². The molecular formula is C40H24N8O13S3. The van der Waals surface area contributed by atoms with Crippen LogP contribution in [0.4, 0.5) is 0 Å². The van der Waals surface area contributed by atoms with Crippen LogP contribution in [-0.2, 0) is 30.5 Å². The van der Waals surface area contributed by atoms with Crippen LogP contribution >= 0.6 is 0 Å². The minimum Gasteiger partial charge on any atom is -0.444 e. The van der Waals surface area contributed by atoms with E-state index in [-0.39, 0.29) is 60.8 Å². The highest BCUT2D eigenvalue weighted by molar-refractivity contribution is 7.89. The van der Waals surface area contributed by atoms with Crippen LogP contribution in [-0.4, -0.2) is 77.8 Å². The highest BCUT2D eigenvalue weighted by Crippen LogP contribution is 2.32. The van der Waals surface area contributed by atoms with Crippen LogP contribution < -0.4 is 21.4 Å². The van der Waals surface area contributed by atoms with E-state index in [1.807, 2.05) is 0 Å². The molecule has 64 heavy (non-hydrogen) atoms. The average molecular weight is 921 g/mol. The van der Waals surface area contributed by atoms with E-state index >= 15 is 0 Å². The SMILES string of the molecule is O=S(=O)(O)c1c(S(=O)(=O)O)c2n(S(=O)(=O)O)c1=C(c1ncco1)c1ccc([nH]1)C(c1ncco1)=c1ccc([nH]1)=C(c1nc3ccccc3o1)c1ccc([nH]1)C=2c1nc2ccccc2o1. The maximum Gasteiger partial charge on any atom is 0.364 e. The zero-order valence-corrected chi connectivity index (χ0v) is 34.2. The molecule has 0 radical (unpaired) electrons. The molecule has 21 nitrogen and oxygen atoms in total. The predicted molar refractivity (Wildman–Crippen MR) is 219 cm³/mol. The van der Waals surface area contributed by atoms with Gasteiger partial charge in [-0.05, 0) is 60.7 Å². The highest BCUT2D eigenvalue weighted by Gasteiger charge is 2.40. The molecule has 8 bridgehead atoms. The van der Waals surface area contributed by atoms with Gasteiger partial charge in [-0.3, -0.25) is 13.7 Å². The molecule has 11 rings (SSSR count). The lowest BCUT2D eigenvalue weighted by molar-refractivity contribution is 0.466. The number of aromatic amines is 3. The summed E-state index contributed by atoms with van der Waals surface area (Å²) in [5.41, 5.74) is 0.256. The number of nitrogens with one attached hydrogen (secondary N) is 3. The van der Waals surface area contributed by atoms with Gasteiger partial charge >= 0.3 is 10.3 Å². The summed E-state index contributed by atoms with van der Waals surface area (Å²) in [5, 5.41) is -1.75. The van der Waals surface area contributed by atoms with Crippen molar-refractivity contribution in [2.24, 2.45) is 0 Å². The van der Waals surface area contributed by atoms with E-state index in [2.05, 4.69) is 29.9 Å². The summed E-state index contributed by atoms with van der Waals surface area (Å²) < 4.78 is 140. The van der Waals surface area contributed by atoms with E-state index in [4.69, 9.17) is 22.7 Å². The van der Waals surface area contributed by atoms with Gasteiger partial charge in [0.25, 0.3) is 20.2 Å². The van der Waals surface area contributed by atoms with E-state index in [1.165, 1.54) is 48.9 Å².